The van der Waals surface area contributed by atoms with Crippen molar-refractivity contribution >= 4 is 17.8 Å². The van der Waals surface area contributed by atoms with Gasteiger partial charge in [-0.25, -0.2) is 0 Å². The van der Waals surface area contributed by atoms with Crippen LogP contribution in [0.2, 0.25) is 0 Å². The van der Waals surface area contributed by atoms with Crippen LogP contribution in [0.25, 0.3) is 0 Å². The third-order valence-electron chi connectivity index (χ3n) is 4.11. The van der Waals surface area contributed by atoms with Gasteiger partial charge in [-0.05, 0) is 26.2 Å². The Hall–Kier alpha value is -2.52. The Morgan fingerprint density at radius 3 is 2.07 bits per heavy atom. The zero-order valence-corrected chi connectivity index (χ0v) is 18.6. The third kappa shape index (κ3) is 7.38. The van der Waals surface area contributed by atoms with Crippen LogP contribution < -0.4 is 19.5 Å². The van der Waals surface area contributed by atoms with Crippen molar-refractivity contribution in [3.05, 3.63) is 53.6 Å². The van der Waals surface area contributed by atoms with E-state index in [1.807, 2.05) is 49.3 Å². The summed E-state index contributed by atoms with van der Waals surface area (Å²) in [5.41, 5.74) is 1.24. The normalized spacial score (nSPS) is 11.2. The van der Waals surface area contributed by atoms with E-state index in [0.717, 1.165) is 12.1 Å². The first-order chi connectivity index (χ1) is 14.5. The zero-order chi connectivity index (χ0) is 22.5. The molecular weight excluding hydrogens is 412 g/mol. The fraction of sp³-hybridized carbons (Fsp3) is 0.381. The molecule has 0 aliphatic heterocycles. The number of amides is 1. The van der Waals surface area contributed by atoms with Crippen LogP contribution in [-0.4, -0.2) is 64.0 Å². The Bertz CT molecular complexity index is 748. The third-order valence-corrected chi connectivity index (χ3v) is 4.11. The zero-order valence-electron chi connectivity index (χ0n) is 17.8. The molecule has 0 spiro atoms. The van der Waals surface area contributed by atoms with Crippen molar-refractivity contribution in [2.24, 2.45) is 0 Å². The van der Waals surface area contributed by atoms with Crippen molar-refractivity contribution in [1.82, 2.24) is 10.2 Å². The fourth-order valence-electron chi connectivity index (χ4n) is 2.62. The molecule has 0 radical (unpaired) electrons. The van der Waals surface area contributed by atoms with Crippen molar-refractivity contribution in [3.63, 3.8) is 0 Å². The lowest BCUT2D eigenvalue weighted by atomic mass is 10.1. The quantitative estimate of drug-likeness (QED) is 0.549. The number of ether oxygens (including phenoxy) is 4. The van der Waals surface area contributed by atoms with Crippen molar-refractivity contribution in [1.29, 1.82) is 0 Å². The van der Waals surface area contributed by atoms with Gasteiger partial charge in [0, 0.05) is 17.7 Å². The summed E-state index contributed by atoms with van der Waals surface area (Å²) < 4.78 is 28.4. The molecule has 166 valence electrons. The Morgan fingerprint density at radius 2 is 1.60 bits per heavy atom. The topological polar surface area (TPSA) is 89.5 Å². The van der Waals surface area contributed by atoms with E-state index >= 15 is 0 Å². The van der Waals surface area contributed by atoms with Gasteiger partial charge in [0.1, 0.15) is 0 Å². The van der Waals surface area contributed by atoms with Crippen LogP contribution >= 0.6 is 11.9 Å². The number of nitrogens with zero attached hydrogens (tertiary/aromatic N) is 1. The van der Waals surface area contributed by atoms with Crippen LogP contribution in [-0.2, 0) is 4.74 Å². The van der Waals surface area contributed by atoms with E-state index in [1.54, 1.807) is 12.1 Å². The molecule has 1 atom stereocenters. The van der Waals surface area contributed by atoms with Crippen LogP contribution in [0.15, 0.2) is 42.5 Å². The standard InChI is InChI=1S/C21H28N2O5.ClHO/c1-23(2)11-12-28-21(15-9-7-6-8-10-15)22-20(24)16-13-17(25-3)19(27-5)18(14-16)26-4;1-2/h6-10,13-14,21H,11-12H2,1-5H3,(H,22,24);2H. The molecule has 0 aromatic heterocycles. The molecule has 9 heteroatoms. The summed E-state index contributed by atoms with van der Waals surface area (Å²) in [6.45, 7) is 1.21. The van der Waals surface area contributed by atoms with Gasteiger partial charge in [-0.1, -0.05) is 30.3 Å². The molecule has 8 nitrogen and oxygen atoms in total. The van der Waals surface area contributed by atoms with E-state index in [2.05, 4.69) is 17.2 Å². The summed E-state index contributed by atoms with van der Waals surface area (Å²) in [6.07, 6.45) is -0.576. The van der Waals surface area contributed by atoms with Gasteiger partial charge in [0.2, 0.25) is 5.75 Å². The molecule has 2 N–H and O–H groups in total. The maximum Gasteiger partial charge on any atom is 0.253 e. The molecule has 0 saturated carbocycles. The predicted molar refractivity (Wildman–Crippen MR) is 115 cm³/mol. The largest absolute Gasteiger partial charge is 0.493 e. The fourth-order valence-corrected chi connectivity index (χ4v) is 2.62. The van der Waals surface area contributed by atoms with E-state index in [4.69, 9.17) is 23.6 Å². The number of hydrogen-bond donors (Lipinski definition) is 2. The van der Waals surface area contributed by atoms with Gasteiger partial charge in [0.25, 0.3) is 5.91 Å². The highest BCUT2D eigenvalue weighted by Crippen LogP contribution is 2.38. The molecule has 0 heterocycles. The Labute approximate surface area is 182 Å². The first-order valence-corrected chi connectivity index (χ1v) is 9.43. The predicted octanol–water partition coefficient (Wildman–Crippen LogP) is 2.85. The van der Waals surface area contributed by atoms with Gasteiger partial charge in [0.15, 0.2) is 17.7 Å². The lowest BCUT2D eigenvalue weighted by Gasteiger charge is -2.21. The SMILES string of the molecule is COc1cc(C(=O)NC(OCCN(C)C)c2ccccc2)cc(OC)c1OC.OCl. The molecule has 2 rings (SSSR count). The second-order valence-corrected chi connectivity index (χ2v) is 6.35. The molecule has 2 aromatic carbocycles. The second kappa shape index (κ2) is 13.7. The average molecular weight is 441 g/mol. The van der Waals surface area contributed by atoms with Crippen LogP contribution in [0.3, 0.4) is 0 Å². The maximum absolute atomic E-state index is 12.9. The number of methoxy groups -OCH3 is 3. The summed E-state index contributed by atoms with van der Waals surface area (Å²) in [5, 5.41) is 2.93. The van der Waals surface area contributed by atoms with Crippen molar-refractivity contribution < 1.29 is 28.4 Å². The summed E-state index contributed by atoms with van der Waals surface area (Å²) >= 11 is 3.64. The van der Waals surface area contributed by atoms with Gasteiger partial charge in [-0.3, -0.25) is 9.45 Å². The maximum atomic E-state index is 12.9. The molecule has 0 aliphatic carbocycles. The number of rotatable bonds is 10. The number of likely N-dealkylation sites (N-methyl/N-ethyl adjacent to an activating group) is 1. The molecule has 0 aliphatic rings. The van der Waals surface area contributed by atoms with Gasteiger partial charge >= 0.3 is 0 Å². The number of carbonyl (C=O) groups is 1. The van der Waals surface area contributed by atoms with Gasteiger partial charge in [-0.2, -0.15) is 0 Å². The van der Waals surface area contributed by atoms with E-state index in [-0.39, 0.29) is 5.91 Å². The molecule has 0 fully saturated rings. The van der Waals surface area contributed by atoms with Crippen LogP contribution in [0, 0.1) is 0 Å². The smallest absolute Gasteiger partial charge is 0.253 e. The minimum Gasteiger partial charge on any atom is -0.493 e. The number of hydrogen-bond acceptors (Lipinski definition) is 7. The van der Waals surface area contributed by atoms with Crippen molar-refractivity contribution in [2.75, 3.05) is 48.6 Å². The lowest BCUT2D eigenvalue weighted by Crippen LogP contribution is -2.32. The molecule has 1 amide bonds. The van der Waals surface area contributed by atoms with Crippen molar-refractivity contribution in [2.45, 2.75) is 6.23 Å². The van der Waals surface area contributed by atoms with Crippen LogP contribution in [0.1, 0.15) is 22.1 Å². The highest BCUT2D eigenvalue weighted by Gasteiger charge is 2.20. The van der Waals surface area contributed by atoms with E-state index < -0.39 is 6.23 Å². The Balaban J connectivity index is 0.00000218. The van der Waals surface area contributed by atoms with Crippen LogP contribution in [0.5, 0.6) is 17.2 Å². The first kappa shape index (κ1) is 25.5. The molecular formula is C21H29ClN2O6. The van der Waals surface area contributed by atoms with Crippen LogP contribution in [0.4, 0.5) is 0 Å². The Morgan fingerprint density at radius 1 is 1.03 bits per heavy atom. The first-order valence-electron chi connectivity index (χ1n) is 9.09. The highest BCUT2D eigenvalue weighted by molar-refractivity contribution is 6.04. The van der Waals surface area contributed by atoms with Crippen molar-refractivity contribution in [3.8, 4) is 17.2 Å². The Kier molecular flexibility index (Phi) is 11.6. The lowest BCUT2D eigenvalue weighted by molar-refractivity contribution is 0.0205. The molecule has 0 bridgehead atoms. The summed E-state index contributed by atoms with van der Waals surface area (Å²) in [6, 6.07) is 12.8. The highest BCUT2D eigenvalue weighted by atomic mass is 35.5. The van der Waals surface area contributed by atoms with E-state index in [0.29, 0.717) is 29.4 Å². The number of benzene rings is 2. The molecule has 0 saturated heterocycles. The molecule has 1 unspecified atom stereocenters. The minimum absolute atomic E-state index is 0.307. The van der Waals surface area contributed by atoms with Gasteiger partial charge < -0.3 is 29.2 Å². The number of halogens is 1. The summed E-state index contributed by atoms with van der Waals surface area (Å²) in [7, 11) is 8.47. The second-order valence-electron chi connectivity index (χ2n) is 6.35. The van der Waals surface area contributed by atoms with Gasteiger partial charge in [0.05, 0.1) is 39.8 Å². The van der Waals surface area contributed by atoms with E-state index in [1.165, 1.54) is 21.3 Å². The summed E-state index contributed by atoms with van der Waals surface area (Å²) in [4.78, 5) is 14.9. The van der Waals surface area contributed by atoms with Gasteiger partial charge in [-0.15, -0.1) is 0 Å². The minimum atomic E-state index is -0.576. The van der Waals surface area contributed by atoms with E-state index in [9.17, 15) is 4.79 Å². The average Bonchev–Trinajstić information content (AvgIpc) is 2.78. The monoisotopic (exact) mass is 440 g/mol. The molecule has 2 aromatic rings. The summed E-state index contributed by atoms with van der Waals surface area (Å²) in [5.74, 6) is 0.954. The number of nitrogens with one attached hydrogen (secondary N) is 1. The number of carbonyl (C=O) groups excluding carboxylic acids is 1. The molecule has 30 heavy (non-hydrogen) atoms.